The van der Waals surface area contributed by atoms with Crippen LogP contribution < -0.4 is 0 Å². The summed E-state index contributed by atoms with van der Waals surface area (Å²) in [5, 5.41) is 9.98. The van der Waals surface area contributed by atoms with E-state index in [-0.39, 0.29) is 42.5 Å². The topological polar surface area (TPSA) is 63.6 Å². The zero-order chi connectivity index (χ0) is 14.7. The maximum Gasteiger partial charge on any atom is 0.306 e. The zero-order valence-corrected chi connectivity index (χ0v) is 11.9. The maximum atomic E-state index is 13.6. The molecule has 0 bridgehead atoms. The quantitative estimate of drug-likeness (QED) is 0.729. The number of ether oxygens (including phenoxy) is 1. The molecule has 1 saturated carbocycles. The number of halogens is 1. The SMILES string of the molecule is CCCCC(F)C(=O)CC[C@H]1C(O)CC2OC(=O)CC21. The Kier molecular flexibility index (Phi) is 5.13. The lowest BCUT2D eigenvalue weighted by molar-refractivity contribution is -0.141. The molecule has 2 rings (SSSR count). The number of unbranched alkanes of at least 4 members (excludes halogenated alkanes) is 1. The van der Waals surface area contributed by atoms with Crippen LogP contribution in [0.3, 0.4) is 0 Å². The van der Waals surface area contributed by atoms with E-state index in [0.717, 1.165) is 6.42 Å². The largest absolute Gasteiger partial charge is 0.462 e. The van der Waals surface area contributed by atoms with E-state index in [1.165, 1.54) is 0 Å². The van der Waals surface area contributed by atoms with Gasteiger partial charge in [-0.25, -0.2) is 4.39 Å². The molecule has 4 unspecified atom stereocenters. The summed E-state index contributed by atoms with van der Waals surface area (Å²) in [5.41, 5.74) is 0. The van der Waals surface area contributed by atoms with Gasteiger partial charge >= 0.3 is 5.97 Å². The minimum Gasteiger partial charge on any atom is -0.462 e. The molecular formula is C15H23FO4. The second-order valence-corrected chi connectivity index (χ2v) is 5.98. The highest BCUT2D eigenvalue weighted by molar-refractivity contribution is 5.82. The first-order chi connectivity index (χ1) is 9.52. The molecule has 20 heavy (non-hydrogen) atoms. The molecular weight excluding hydrogens is 263 g/mol. The van der Waals surface area contributed by atoms with E-state index in [0.29, 0.717) is 25.7 Å². The molecule has 0 amide bonds. The standard InChI is InChI=1S/C15H23FO4/c1-2-3-4-11(16)12(17)6-5-9-10-7-15(19)20-14(10)8-13(9)18/h9-11,13-14,18H,2-8H2,1H3/t9-,10?,11?,13?,14?/m1/s1. The molecule has 114 valence electrons. The number of rotatable bonds is 7. The number of esters is 1. The van der Waals surface area contributed by atoms with Crippen LogP contribution in [0.2, 0.25) is 0 Å². The monoisotopic (exact) mass is 286 g/mol. The molecule has 0 radical (unpaired) electrons. The van der Waals surface area contributed by atoms with Gasteiger partial charge in [0.05, 0.1) is 12.5 Å². The highest BCUT2D eigenvalue weighted by atomic mass is 19.1. The molecule has 1 N–H and O–H groups in total. The lowest BCUT2D eigenvalue weighted by Gasteiger charge is -2.19. The summed E-state index contributed by atoms with van der Waals surface area (Å²) in [5.74, 6) is -0.721. The number of carbonyl (C=O) groups is 2. The van der Waals surface area contributed by atoms with Crippen LogP contribution in [-0.4, -0.2) is 35.2 Å². The van der Waals surface area contributed by atoms with Gasteiger partial charge in [-0.05, 0) is 18.8 Å². The molecule has 1 heterocycles. The molecule has 0 aromatic heterocycles. The Morgan fingerprint density at radius 1 is 1.55 bits per heavy atom. The number of Topliss-reactive ketones (excluding diaryl/α,β-unsaturated/α-hetero) is 1. The smallest absolute Gasteiger partial charge is 0.306 e. The maximum absolute atomic E-state index is 13.6. The predicted molar refractivity (Wildman–Crippen MR) is 70.8 cm³/mol. The van der Waals surface area contributed by atoms with Crippen LogP contribution in [-0.2, 0) is 14.3 Å². The summed E-state index contributed by atoms with van der Waals surface area (Å²) in [6.45, 7) is 1.96. The van der Waals surface area contributed by atoms with Crippen LogP contribution in [0.25, 0.3) is 0 Å². The predicted octanol–water partition coefficient (Wildman–Crippen LogP) is 2.18. The lowest BCUT2D eigenvalue weighted by Crippen LogP contribution is -2.23. The molecule has 4 nitrogen and oxygen atoms in total. The minimum absolute atomic E-state index is 0.000923. The second-order valence-electron chi connectivity index (χ2n) is 5.98. The van der Waals surface area contributed by atoms with E-state index in [9.17, 15) is 19.1 Å². The lowest BCUT2D eigenvalue weighted by atomic mass is 9.87. The third-order valence-corrected chi connectivity index (χ3v) is 4.57. The fourth-order valence-electron chi connectivity index (χ4n) is 3.39. The second kappa shape index (κ2) is 6.66. The van der Waals surface area contributed by atoms with E-state index in [4.69, 9.17) is 4.74 Å². The number of aliphatic hydroxyl groups excluding tert-OH is 1. The summed E-state index contributed by atoms with van der Waals surface area (Å²) in [6.07, 6.45) is 1.10. The van der Waals surface area contributed by atoms with Crippen LogP contribution in [0.1, 0.15) is 51.9 Å². The third kappa shape index (κ3) is 3.37. The van der Waals surface area contributed by atoms with Crippen molar-refractivity contribution in [1.29, 1.82) is 0 Å². The molecule has 2 fully saturated rings. The summed E-state index contributed by atoms with van der Waals surface area (Å²) in [7, 11) is 0. The van der Waals surface area contributed by atoms with E-state index < -0.39 is 12.3 Å². The number of alkyl halides is 1. The number of fused-ring (bicyclic) bond motifs is 1. The van der Waals surface area contributed by atoms with Gasteiger partial charge in [0, 0.05) is 18.8 Å². The van der Waals surface area contributed by atoms with Crippen molar-refractivity contribution in [3.63, 3.8) is 0 Å². The fraction of sp³-hybridized carbons (Fsp3) is 0.867. The van der Waals surface area contributed by atoms with E-state index >= 15 is 0 Å². The first kappa shape index (κ1) is 15.4. The molecule has 0 aromatic carbocycles. The summed E-state index contributed by atoms with van der Waals surface area (Å²) in [4.78, 5) is 23.0. The highest BCUT2D eigenvalue weighted by Gasteiger charge is 2.49. The van der Waals surface area contributed by atoms with Crippen LogP contribution >= 0.6 is 0 Å². The summed E-state index contributed by atoms with van der Waals surface area (Å²) in [6, 6.07) is 0. The van der Waals surface area contributed by atoms with Crippen molar-refractivity contribution >= 4 is 11.8 Å². The molecule has 1 aliphatic heterocycles. The van der Waals surface area contributed by atoms with Gasteiger partial charge in [0.2, 0.25) is 0 Å². The van der Waals surface area contributed by atoms with Crippen molar-refractivity contribution in [2.75, 3.05) is 0 Å². The summed E-state index contributed by atoms with van der Waals surface area (Å²) < 4.78 is 18.7. The van der Waals surface area contributed by atoms with Gasteiger partial charge < -0.3 is 9.84 Å². The van der Waals surface area contributed by atoms with E-state index in [2.05, 4.69) is 0 Å². The van der Waals surface area contributed by atoms with Crippen molar-refractivity contribution in [3.8, 4) is 0 Å². The van der Waals surface area contributed by atoms with Gasteiger partial charge in [0.25, 0.3) is 0 Å². The van der Waals surface area contributed by atoms with Crippen LogP contribution in [0.5, 0.6) is 0 Å². The van der Waals surface area contributed by atoms with Crippen molar-refractivity contribution in [2.45, 2.75) is 70.2 Å². The van der Waals surface area contributed by atoms with Gasteiger partial charge in [-0.3, -0.25) is 9.59 Å². The average molecular weight is 286 g/mol. The number of carbonyl (C=O) groups excluding carboxylic acids is 2. The Bertz CT molecular complexity index is 371. The minimum atomic E-state index is -1.38. The number of hydrogen-bond acceptors (Lipinski definition) is 4. The zero-order valence-electron chi connectivity index (χ0n) is 11.9. The van der Waals surface area contributed by atoms with Crippen molar-refractivity contribution in [2.24, 2.45) is 11.8 Å². The van der Waals surface area contributed by atoms with Gasteiger partial charge in [-0.2, -0.15) is 0 Å². The molecule has 1 saturated heterocycles. The van der Waals surface area contributed by atoms with Crippen molar-refractivity contribution in [1.82, 2.24) is 0 Å². The molecule has 0 spiro atoms. The van der Waals surface area contributed by atoms with Crippen LogP contribution in [0.4, 0.5) is 4.39 Å². The Hall–Kier alpha value is -0.970. The molecule has 0 aromatic rings. The number of ketones is 1. The van der Waals surface area contributed by atoms with Gasteiger partial charge in [-0.15, -0.1) is 0 Å². The average Bonchev–Trinajstić information content (AvgIpc) is 2.88. The van der Waals surface area contributed by atoms with Gasteiger partial charge in [0.15, 0.2) is 12.0 Å². The Morgan fingerprint density at radius 3 is 3.00 bits per heavy atom. The van der Waals surface area contributed by atoms with Gasteiger partial charge in [0.1, 0.15) is 6.10 Å². The third-order valence-electron chi connectivity index (χ3n) is 4.57. The molecule has 5 heteroatoms. The van der Waals surface area contributed by atoms with Crippen molar-refractivity contribution in [3.05, 3.63) is 0 Å². The first-order valence-electron chi connectivity index (χ1n) is 7.57. The Balaban J connectivity index is 1.81. The fourth-order valence-corrected chi connectivity index (χ4v) is 3.39. The van der Waals surface area contributed by atoms with Crippen molar-refractivity contribution < 1.29 is 23.8 Å². The Labute approximate surface area is 118 Å². The van der Waals surface area contributed by atoms with Gasteiger partial charge in [-0.1, -0.05) is 19.8 Å². The summed E-state index contributed by atoms with van der Waals surface area (Å²) >= 11 is 0. The number of aliphatic hydroxyl groups is 1. The number of hydrogen-bond donors (Lipinski definition) is 1. The Morgan fingerprint density at radius 2 is 2.30 bits per heavy atom. The highest BCUT2D eigenvalue weighted by Crippen LogP contribution is 2.43. The molecule has 1 aliphatic carbocycles. The molecule has 5 atom stereocenters. The first-order valence-corrected chi connectivity index (χ1v) is 7.57. The normalized spacial score (nSPS) is 33.9. The molecule has 2 aliphatic rings. The van der Waals surface area contributed by atoms with E-state index in [1.54, 1.807) is 0 Å². The van der Waals surface area contributed by atoms with E-state index in [1.807, 2.05) is 6.92 Å². The van der Waals surface area contributed by atoms with Crippen LogP contribution in [0.15, 0.2) is 0 Å². The van der Waals surface area contributed by atoms with Crippen LogP contribution in [0, 0.1) is 11.8 Å².